The van der Waals surface area contributed by atoms with Gasteiger partial charge < -0.3 is 10.1 Å². The van der Waals surface area contributed by atoms with Gasteiger partial charge in [0.15, 0.2) is 5.65 Å². The van der Waals surface area contributed by atoms with Crippen LogP contribution in [0, 0.1) is 5.82 Å². The minimum Gasteiger partial charge on any atom is -0.497 e. The van der Waals surface area contributed by atoms with E-state index in [4.69, 9.17) is 4.74 Å². The Hall–Kier alpha value is -4.44. The van der Waals surface area contributed by atoms with E-state index in [2.05, 4.69) is 25.6 Å². The lowest BCUT2D eigenvalue weighted by atomic mass is 10.0. The second-order valence-electron chi connectivity index (χ2n) is 8.91. The van der Waals surface area contributed by atoms with Crippen LogP contribution < -0.4 is 15.0 Å². The summed E-state index contributed by atoms with van der Waals surface area (Å²) < 4.78 is 22.4. The SMILES string of the molecule is COc1ccc2c(N(C(=O)c3ccc(-n4nnc5cccnc54)cc3F)[C@@H]3CCCNC3)nccc2c1. The molecule has 0 radical (unpaired) electrons. The summed E-state index contributed by atoms with van der Waals surface area (Å²) in [6.07, 6.45) is 4.97. The summed E-state index contributed by atoms with van der Waals surface area (Å²) in [6, 6.07) is 15.3. The highest BCUT2D eigenvalue weighted by Gasteiger charge is 2.31. The first-order valence-electron chi connectivity index (χ1n) is 12.1. The fourth-order valence-electron chi connectivity index (χ4n) is 4.83. The lowest BCUT2D eigenvalue weighted by Gasteiger charge is -2.34. The molecule has 37 heavy (non-hydrogen) atoms. The third-order valence-corrected chi connectivity index (χ3v) is 6.67. The second-order valence-corrected chi connectivity index (χ2v) is 8.91. The van der Waals surface area contributed by atoms with E-state index in [0.717, 1.165) is 30.2 Å². The maximum atomic E-state index is 15.6. The monoisotopic (exact) mass is 497 g/mol. The van der Waals surface area contributed by atoms with E-state index in [1.54, 1.807) is 42.6 Å². The van der Waals surface area contributed by atoms with Crippen molar-refractivity contribution in [2.45, 2.75) is 18.9 Å². The molecule has 9 nitrogen and oxygen atoms in total. The van der Waals surface area contributed by atoms with Crippen LogP contribution in [0.4, 0.5) is 10.2 Å². The van der Waals surface area contributed by atoms with Crippen molar-refractivity contribution in [1.82, 2.24) is 30.3 Å². The van der Waals surface area contributed by atoms with Gasteiger partial charge in [-0.15, -0.1) is 5.10 Å². The van der Waals surface area contributed by atoms with Gasteiger partial charge in [0.1, 0.15) is 22.9 Å². The average Bonchev–Trinajstić information content (AvgIpc) is 3.38. The fourth-order valence-corrected chi connectivity index (χ4v) is 4.83. The number of nitrogens with one attached hydrogen (secondary N) is 1. The van der Waals surface area contributed by atoms with Gasteiger partial charge in [0, 0.05) is 30.4 Å². The first kappa shape index (κ1) is 23.0. The Balaban J connectivity index is 1.43. The Labute approximate surface area is 211 Å². The molecule has 1 aliphatic rings. The van der Waals surface area contributed by atoms with Crippen LogP contribution >= 0.6 is 0 Å². The number of piperidine rings is 1. The number of nitrogens with zero attached hydrogens (tertiary/aromatic N) is 6. The highest BCUT2D eigenvalue weighted by molar-refractivity contribution is 6.10. The van der Waals surface area contributed by atoms with E-state index in [1.165, 1.54) is 16.8 Å². The Bertz CT molecular complexity index is 1610. The quantitative estimate of drug-likeness (QED) is 0.393. The van der Waals surface area contributed by atoms with E-state index >= 15 is 4.39 Å². The van der Waals surface area contributed by atoms with Crippen LogP contribution in [0.2, 0.25) is 0 Å². The number of halogens is 1. The van der Waals surface area contributed by atoms with Crippen molar-refractivity contribution in [1.29, 1.82) is 0 Å². The number of methoxy groups -OCH3 is 1. The maximum absolute atomic E-state index is 15.6. The number of hydrogen-bond donors (Lipinski definition) is 1. The van der Waals surface area contributed by atoms with Crippen LogP contribution in [-0.4, -0.2) is 57.1 Å². The van der Waals surface area contributed by atoms with Crippen LogP contribution in [0.1, 0.15) is 23.2 Å². The molecule has 10 heteroatoms. The lowest BCUT2D eigenvalue weighted by Crippen LogP contribution is -2.49. The summed E-state index contributed by atoms with van der Waals surface area (Å²) >= 11 is 0. The molecule has 2 aromatic carbocycles. The molecule has 1 atom stereocenters. The van der Waals surface area contributed by atoms with Crippen molar-refractivity contribution in [3.05, 3.63) is 78.4 Å². The lowest BCUT2D eigenvalue weighted by molar-refractivity contribution is 0.0968. The van der Waals surface area contributed by atoms with E-state index < -0.39 is 11.7 Å². The van der Waals surface area contributed by atoms with Gasteiger partial charge in [-0.2, -0.15) is 4.68 Å². The van der Waals surface area contributed by atoms with Crippen LogP contribution in [0.15, 0.2) is 67.0 Å². The van der Waals surface area contributed by atoms with Gasteiger partial charge in [-0.25, -0.2) is 14.4 Å². The molecule has 0 saturated carbocycles. The standard InChI is InChI=1S/C27H24FN7O2/c1-37-20-7-9-21-17(14-20)10-13-31-25(21)34(19-4-2-11-29-16-19)27(36)22-8-6-18(15-23(22)28)35-26-24(32-33-35)5-3-12-30-26/h3,5-10,12-15,19,29H,2,4,11,16H2,1H3/t19-/m1/s1. The Morgan fingerprint density at radius 1 is 1.14 bits per heavy atom. The van der Waals surface area contributed by atoms with Gasteiger partial charge in [-0.05, 0) is 73.3 Å². The van der Waals surface area contributed by atoms with Gasteiger partial charge in [-0.3, -0.25) is 9.69 Å². The molecule has 6 rings (SSSR count). The fraction of sp³-hybridized carbons (Fsp3) is 0.222. The summed E-state index contributed by atoms with van der Waals surface area (Å²) in [4.78, 5) is 24.5. The summed E-state index contributed by atoms with van der Waals surface area (Å²) in [6.45, 7) is 1.47. The molecule has 0 bridgehead atoms. The normalized spacial score (nSPS) is 15.7. The van der Waals surface area contributed by atoms with Crippen molar-refractivity contribution in [2.24, 2.45) is 0 Å². The van der Waals surface area contributed by atoms with E-state index in [1.807, 2.05) is 24.3 Å². The Morgan fingerprint density at radius 3 is 2.86 bits per heavy atom. The molecule has 1 saturated heterocycles. The number of anilines is 1. The number of ether oxygens (including phenoxy) is 1. The van der Waals surface area contributed by atoms with Gasteiger partial charge in [-0.1, -0.05) is 5.21 Å². The summed E-state index contributed by atoms with van der Waals surface area (Å²) in [5, 5.41) is 13.2. The number of hydrogen-bond acceptors (Lipinski definition) is 7. The Kier molecular flexibility index (Phi) is 5.93. The molecule has 1 fully saturated rings. The third kappa shape index (κ3) is 4.15. The summed E-state index contributed by atoms with van der Waals surface area (Å²) in [5.41, 5.74) is 1.49. The third-order valence-electron chi connectivity index (χ3n) is 6.67. The zero-order valence-electron chi connectivity index (χ0n) is 20.1. The van der Waals surface area contributed by atoms with Gasteiger partial charge >= 0.3 is 0 Å². The van der Waals surface area contributed by atoms with Crippen LogP contribution in [-0.2, 0) is 0 Å². The zero-order chi connectivity index (χ0) is 25.4. The van der Waals surface area contributed by atoms with Crippen LogP contribution in [0.5, 0.6) is 5.75 Å². The first-order chi connectivity index (χ1) is 18.1. The smallest absolute Gasteiger partial charge is 0.262 e. The predicted molar refractivity (Wildman–Crippen MR) is 138 cm³/mol. The minimum atomic E-state index is -0.655. The Morgan fingerprint density at radius 2 is 2.05 bits per heavy atom. The molecular weight excluding hydrogens is 473 g/mol. The van der Waals surface area contributed by atoms with Crippen molar-refractivity contribution < 1.29 is 13.9 Å². The van der Waals surface area contributed by atoms with Crippen molar-refractivity contribution in [3.8, 4) is 11.4 Å². The zero-order valence-corrected chi connectivity index (χ0v) is 20.1. The van der Waals surface area contributed by atoms with E-state index in [0.29, 0.717) is 35.0 Å². The summed E-state index contributed by atoms with van der Waals surface area (Å²) in [7, 11) is 1.61. The molecule has 0 unspecified atom stereocenters. The highest BCUT2D eigenvalue weighted by atomic mass is 19.1. The van der Waals surface area contributed by atoms with Crippen molar-refractivity contribution >= 4 is 33.7 Å². The van der Waals surface area contributed by atoms with Crippen molar-refractivity contribution in [3.63, 3.8) is 0 Å². The minimum absolute atomic E-state index is 0.0426. The number of carbonyl (C=O) groups excluding carboxylic acids is 1. The van der Waals surface area contributed by atoms with Gasteiger partial charge in [0.25, 0.3) is 5.91 Å². The molecular formula is C27H24FN7O2. The number of carbonyl (C=O) groups is 1. The molecule has 1 amide bonds. The van der Waals surface area contributed by atoms with Gasteiger partial charge in [0.2, 0.25) is 0 Å². The number of amides is 1. The molecule has 5 aromatic rings. The number of rotatable bonds is 5. The van der Waals surface area contributed by atoms with E-state index in [9.17, 15) is 4.79 Å². The number of benzene rings is 2. The largest absolute Gasteiger partial charge is 0.497 e. The highest BCUT2D eigenvalue weighted by Crippen LogP contribution is 2.32. The molecule has 3 aromatic heterocycles. The van der Waals surface area contributed by atoms with E-state index in [-0.39, 0.29) is 11.6 Å². The predicted octanol–water partition coefficient (Wildman–Crippen LogP) is 3.91. The molecule has 4 heterocycles. The van der Waals surface area contributed by atoms with Gasteiger partial charge in [0.05, 0.1) is 24.4 Å². The topological polar surface area (TPSA) is 98.1 Å². The number of aromatic nitrogens is 5. The summed E-state index contributed by atoms with van der Waals surface area (Å²) in [5.74, 6) is 0.0975. The molecule has 0 aliphatic carbocycles. The van der Waals surface area contributed by atoms with Crippen molar-refractivity contribution in [2.75, 3.05) is 25.1 Å². The second kappa shape index (κ2) is 9.55. The molecule has 0 spiro atoms. The molecule has 1 N–H and O–H groups in total. The maximum Gasteiger partial charge on any atom is 0.262 e. The van der Waals surface area contributed by atoms with Crippen LogP contribution in [0.3, 0.4) is 0 Å². The number of pyridine rings is 2. The average molecular weight is 498 g/mol. The van der Waals surface area contributed by atoms with Crippen LogP contribution in [0.25, 0.3) is 27.6 Å². The molecule has 1 aliphatic heterocycles. The number of fused-ring (bicyclic) bond motifs is 2. The first-order valence-corrected chi connectivity index (χ1v) is 12.1. The molecule has 186 valence electrons.